The zero-order valence-electron chi connectivity index (χ0n) is 32.5. The van der Waals surface area contributed by atoms with Crippen LogP contribution >= 0.6 is 0 Å². The number of esters is 6. The van der Waals surface area contributed by atoms with Gasteiger partial charge in [-0.25, -0.2) is 9.59 Å². The largest absolute Gasteiger partial charge is 0.462 e. The lowest BCUT2D eigenvalue weighted by Gasteiger charge is -2.45. The zero-order chi connectivity index (χ0) is 41.3. The normalized spacial score (nSPS) is 32.1. The van der Waals surface area contributed by atoms with Crippen molar-refractivity contribution >= 4 is 41.6 Å². The van der Waals surface area contributed by atoms with E-state index in [0.717, 1.165) is 27.7 Å². The van der Waals surface area contributed by atoms with Crippen molar-refractivity contribution in [3.8, 4) is 0 Å². The van der Waals surface area contributed by atoms with Crippen molar-refractivity contribution in [3.05, 3.63) is 78.1 Å². The minimum Gasteiger partial charge on any atom is -0.462 e. The molecule has 0 radical (unpaired) electrons. The van der Waals surface area contributed by atoms with E-state index < -0.39 is 113 Å². The molecule has 0 N–H and O–H groups in total. The van der Waals surface area contributed by atoms with Gasteiger partial charge >= 0.3 is 35.8 Å². The smallest absolute Gasteiger partial charge is 0.340 e. The van der Waals surface area contributed by atoms with E-state index in [1.807, 2.05) is 0 Å². The van der Waals surface area contributed by atoms with Gasteiger partial charge in [-0.05, 0) is 30.2 Å². The summed E-state index contributed by atoms with van der Waals surface area (Å²) < 4.78 is 42.4. The Morgan fingerprint density at radius 2 is 1.34 bits per heavy atom. The van der Waals surface area contributed by atoms with Crippen molar-refractivity contribution in [2.75, 3.05) is 0 Å². The number of hydrogen-bond acceptors (Lipinski definition) is 15. The molecule has 0 bridgehead atoms. The number of benzene rings is 1. The lowest BCUT2D eigenvalue weighted by Crippen LogP contribution is -2.60. The number of aromatic nitrogens is 1. The van der Waals surface area contributed by atoms with E-state index in [1.165, 1.54) is 36.7 Å². The highest BCUT2D eigenvalue weighted by molar-refractivity contribution is 5.93. The fourth-order valence-electron chi connectivity index (χ4n) is 8.24. The first-order chi connectivity index (χ1) is 26.3. The fraction of sp³-hybridized carbons (Fsp3) is 0.512. The lowest BCUT2D eigenvalue weighted by molar-refractivity contribution is -0.188. The second-order valence-corrected chi connectivity index (χ2v) is 15.2. The molecule has 2 aromatic rings. The van der Waals surface area contributed by atoms with Crippen LogP contribution in [0.2, 0.25) is 0 Å². The van der Waals surface area contributed by atoms with Crippen molar-refractivity contribution in [1.82, 2.24) is 4.98 Å². The highest BCUT2D eigenvalue weighted by Crippen LogP contribution is 2.54. The minimum atomic E-state index is -2.10. The van der Waals surface area contributed by atoms with Crippen molar-refractivity contribution in [3.63, 3.8) is 0 Å². The molecule has 0 unspecified atom stereocenters. The fourth-order valence-corrected chi connectivity index (χ4v) is 8.24. The van der Waals surface area contributed by atoms with Crippen LogP contribution in [-0.2, 0) is 57.1 Å². The molecule has 2 aliphatic carbocycles. The number of fused-ring (bicyclic) bond motifs is 2. The molecular weight excluding hydrogens is 730 g/mol. The number of ether oxygens (including phenoxy) is 7. The van der Waals surface area contributed by atoms with Crippen LogP contribution < -0.4 is 0 Å². The van der Waals surface area contributed by atoms with Crippen LogP contribution in [0.25, 0.3) is 0 Å². The molecule has 1 aromatic carbocycles. The molecule has 1 aromatic heterocycles. The quantitative estimate of drug-likeness (QED) is 0.160. The van der Waals surface area contributed by atoms with Crippen LogP contribution in [0.4, 0.5) is 0 Å². The number of Topliss-reactive ketones (excluding diaryl/α,β-unsaturated/α-hetero) is 1. The summed E-state index contributed by atoms with van der Waals surface area (Å²) in [5.74, 6) is -8.98. The molecule has 1 aliphatic heterocycles. The van der Waals surface area contributed by atoms with Gasteiger partial charge in [0, 0.05) is 63.4 Å². The summed E-state index contributed by atoms with van der Waals surface area (Å²) in [6.45, 7) is 15.2. The van der Waals surface area contributed by atoms with Gasteiger partial charge in [-0.15, -0.1) is 0 Å². The molecule has 11 atom stereocenters. The van der Waals surface area contributed by atoms with Gasteiger partial charge in [-0.2, -0.15) is 0 Å². The standard InChI is InChI=1S/C41H47NO14/c1-20-18-41(56-26(7)46)29(30(20)50-23(4)43)31(51-24(5)44)21(2)32(52-25(6)45)34(54-38(48)27-14-11-10-12-15-27)37(55-39(49)28-16-13-17-42-19-28)40(8,9)36-33(53-36)22(3)35(41)47/h10-17,19-20,22,29-34,36-37H,2,18H2,1,3-9H3/t20-,22+,29+,30-,31-,32-,33-,34+,36-,37+,41+/m0/s1. The summed E-state index contributed by atoms with van der Waals surface area (Å²) in [6.07, 6.45) is -7.17. The Hall–Kier alpha value is -5.44. The molecule has 3 fully saturated rings. The molecule has 2 heterocycles. The topological polar surface area (TPSA) is 200 Å². The molecule has 1 saturated heterocycles. The monoisotopic (exact) mass is 777 g/mol. The van der Waals surface area contributed by atoms with E-state index in [0.29, 0.717) is 0 Å². The van der Waals surface area contributed by atoms with Crippen LogP contribution in [0.15, 0.2) is 67.0 Å². The lowest BCUT2D eigenvalue weighted by atomic mass is 9.69. The first-order valence-electron chi connectivity index (χ1n) is 18.3. The molecule has 15 nitrogen and oxygen atoms in total. The minimum absolute atomic E-state index is 0.0374. The molecule has 2 saturated carbocycles. The Balaban J connectivity index is 1.82. The Bertz CT molecular complexity index is 1880. The number of nitrogens with zero attached hydrogens (tertiary/aromatic N) is 1. The van der Waals surface area contributed by atoms with E-state index in [4.69, 9.17) is 33.2 Å². The second kappa shape index (κ2) is 16.3. The second-order valence-electron chi connectivity index (χ2n) is 15.2. The molecule has 0 amide bonds. The summed E-state index contributed by atoms with van der Waals surface area (Å²) in [5, 5.41) is 0. The molecule has 15 heteroatoms. The Morgan fingerprint density at radius 1 is 0.750 bits per heavy atom. The van der Waals surface area contributed by atoms with Crippen LogP contribution in [0, 0.1) is 23.2 Å². The number of pyridine rings is 1. The Labute approximate surface area is 324 Å². The van der Waals surface area contributed by atoms with Gasteiger partial charge in [0.15, 0.2) is 29.7 Å². The number of carbonyl (C=O) groups is 7. The predicted molar refractivity (Wildman–Crippen MR) is 193 cm³/mol. The van der Waals surface area contributed by atoms with E-state index in [-0.39, 0.29) is 23.1 Å². The number of ketones is 1. The van der Waals surface area contributed by atoms with E-state index in [2.05, 4.69) is 11.6 Å². The van der Waals surface area contributed by atoms with Gasteiger partial charge in [0.05, 0.1) is 29.3 Å². The van der Waals surface area contributed by atoms with Crippen molar-refractivity contribution in [2.45, 2.75) is 110 Å². The van der Waals surface area contributed by atoms with E-state index in [1.54, 1.807) is 45.9 Å². The molecule has 300 valence electrons. The van der Waals surface area contributed by atoms with Gasteiger partial charge in [0.1, 0.15) is 12.2 Å². The van der Waals surface area contributed by atoms with Gasteiger partial charge < -0.3 is 33.2 Å². The first-order valence-corrected chi connectivity index (χ1v) is 18.3. The average molecular weight is 778 g/mol. The molecule has 0 spiro atoms. The third-order valence-corrected chi connectivity index (χ3v) is 10.6. The predicted octanol–water partition coefficient (Wildman–Crippen LogP) is 4.15. The number of hydrogen-bond donors (Lipinski definition) is 0. The summed E-state index contributed by atoms with van der Waals surface area (Å²) in [7, 11) is 0. The highest BCUT2D eigenvalue weighted by Gasteiger charge is 2.69. The highest BCUT2D eigenvalue weighted by atomic mass is 16.6. The van der Waals surface area contributed by atoms with Crippen molar-refractivity contribution in [2.24, 2.45) is 23.2 Å². The maximum atomic E-state index is 15.0. The number of epoxide rings is 1. The Kier molecular flexibility index (Phi) is 12.2. The van der Waals surface area contributed by atoms with E-state index in [9.17, 15) is 28.8 Å². The third kappa shape index (κ3) is 8.37. The molecule has 3 aliphatic rings. The van der Waals surface area contributed by atoms with E-state index >= 15 is 4.79 Å². The molecule has 5 rings (SSSR count). The van der Waals surface area contributed by atoms with Crippen LogP contribution in [0.5, 0.6) is 0 Å². The maximum Gasteiger partial charge on any atom is 0.340 e. The van der Waals surface area contributed by atoms with Gasteiger partial charge in [-0.3, -0.25) is 29.0 Å². The molecule has 56 heavy (non-hydrogen) atoms. The average Bonchev–Trinajstić information content (AvgIpc) is 3.91. The first kappa shape index (κ1) is 41.7. The van der Waals surface area contributed by atoms with Gasteiger partial charge in [0.2, 0.25) is 0 Å². The summed E-state index contributed by atoms with van der Waals surface area (Å²) in [4.78, 5) is 98.8. The van der Waals surface area contributed by atoms with Crippen LogP contribution in [-0.4, -0.2) is 94.9 Å². The van der Waals surface area contributed by atoms with Crippen LogP contribution in [0.3, 0.4) is 0 Å². The Morgan fingerprint density at radius 3 is 1.91 bits per heavy atom. The summed E-state index contributed by atoms with van der Waals surface area (Å²) in [5.41, 5.74) is -3.58. The van der Waals surface area contributed by atoms with Gasteiger partial charge in [0.25, 0.3) is 0 Å². The summed E-state index contributed by atoms with van der Waals surface area (Å²) >= 11 is 0. The van der Waals surface area contributed by atoms with Crippen molar-refractivity contribution < 1.29 is 66.7 Å². The number of carbonyl (C=O) groups excluding carboxylic acids is 7. The number of rotatable bonds is 8. The van der Waals surface area contributed by atoms with Crippen molar-refractivity contribution in [1.29, 1.82) is 0 Å². The zero-order valence-corrected chi connectivity index (χ0v) is 32.5. The summed E-state index contributed by atoms with van der Waals surface area (Å²) in [6, 6.07) is 10.9. The maximum absolute atomic E-state index is 15.0. The van der Waals surface area contributed by atoms with Gasteiger partial charge in [-0.1, -0.05) is 52.5 Å². The third-order valence-electron chi connectivity index (χ3n) is 10.6. The van der Waals surface area contributed by atoms with Crippen LogP contribution in [0.1, 0.15) is 82.5 Å². The SMILES string of the molecule is C=C1[C@H](OC(C)=O)[C@@H](OC(=O)c2ccccc2)[C@@H](OC(=O)c2cccnc2)C(C)(C)[C@H]2O[C@H]2[C@@H](C)C(=O)[C@@]2(OC(C)=O)C[C@H](C)[C@H](OC(C)=O)[C@@H]2[C@H]1OC(C)=O. The molecular formula is C41H47NO14.